The maximum absolute atomic E-state index is 4.21. The van der Waals surface area contributed by atoms with E-state index in [9.17, 15) is 0 Å². The molecular formula is C66H45IN5-. The second kappa shape index (κ2) is 16.8. The van der Waals surface area contributed by atoms with Gasteiger partial charge in [-0.1, -0.05) is 6.07 Å². The van der Waals surface area contributed by atoms with Crippen LogP contribution in [0.3, 0.4) is 0 Å². The standard InChI is InChI=1S/C66H45IN5/c1-2-18-42(19-3-1)45-25-16-26-48(38-45)65(72-66(69-72)56-33-17-24-43-20-4-8-27-50(43)56)68-67-49-39-46-22-6-9-28-51(46)60(41-49)70-59-35-15-13-32-57(59)62-61(70)40-47-23-7-11-30-53(47)64(62)71-58-34-14-12-31-54(58)55-37-36-44-21-5-10-29-52(44)63(55)71/h1-41,65-66,68-69H/q-1. The van der Waals surface area contributed by atoms with Gasteiger partial charge in [0.1, 0.15) is 0 Å². The number of hydrogen-bond acceptors (Lipinski definition) is 3. The van der Waals surface area contributed by atoms with Crippen molar-refractivity contribution in [1.29, 1.82) is 0 Å². The zero-order valence-electron chi connectivity index (χ0n) is 39.0. The van der Waals surface area contributed by atoms with Gasteiger partial charge >= 0.3 is 423 Å². The molecule has 1 aliphatic rings. The molecule has 0 aliphatic carbocycles. The fraction of sp³-hybridized carbons (Fsp3) is 0.0303. The quantitative estimate of drug-likeness (QED) is 0.0860. The van der Waals surface area contributed by atoms with Crippen LogP contribution in [0.4, 0.5) is 0 Å². The van der Waals surface area contributed by atoms with Gasteiger partial charge in [-0.25, -0.2) is 0 Å². The van der Waals surface area contributed by atoms with Crippen molar-refractivity contribution in [2.24, 2.45) is 0 Å². The van der Waals surface area contributed by atoms with E-state index in [4.69, 9.17) is 0 Å². The van der Waals surface area contributed by atoms with Crippen LogP contribution in [0.5, 0.6) is 0 Å². The normalized spacial score (nSPS) is 15.3. The van der Waals surface area contributed by atoms with Gasteiger partial charge in [0.25, 0.3) is 0 Å². The molecule has 1 saturated heterocycles. The molecule has 3 unspecified atom stereocenters. The van der Waals surface area contributed by atoms with Crippen LogP contribution in [-0.2, 0) is 0 Å². The molecule has 1 fully saturated rings. The summed E-state index contributed by atoms with van der Waals surface area (Å²) in [6.07, 6.45) is -0.0101. The molecule has 3 atom stereocenters. The molecule has 0 saturated carbocycles. The number of halogens is 1. The van der Waals surface area contributed by atoms with E-state index in [1.807, 2.05) is 0 Å². The second-order valence-electron chi connectivity index (χ2n) is 19.0. The number of hydrogen-bond donors (Lipinski definition) is 2. The van der Waals surface area contributed by atoms with Crippen LogP contribution in [0.25, 0.3) is 109 Å². The Morgan fingerprint density at radius 1 is 0.403 bits per heavy atom. The second-order valence-corrected chi connectivity index (χ2v) is 21.4. The Bertz CT molecular complexity index is 4470. The van der Waals surface area contributed by atoms with Gasteiger partial charge in [0.05, 0.1) is 0 Å². The van der Waals surface area contributed by atoms with Crippen molar-refractivity contribution >= 4 is 86.7 Å². The van der Waals surface area contributed by atoms with Gasteiger partial charge in [0.2, 0.25) is 0 Å². The van der Waals surface area contributed by atoms with Gasteiger partial charge < -0.3 is 0 Å². The monoisotopic (exact) mass is 1030 g/mol. The van der Waals surface area contributed by atoms with Crippen molar-refractivity contribution in [3.63, 3.8) is 0 Å². The van der Waals surface area contributed by atoms with Crippen molar-refractivity contribution in [2.45, 2.75) is 12.3 Å². The molecule has 0 radical (unpaired) electrons. The number of nitrogens with one attached hydrogen (secondary N) is 2. The first-order valence-electron chi connectivity index (χ1n) is 24.7. The summed E-state index contributed by atoms with van der Waals surface area (Å²) in [4.78, 5) is 0. The van der Waals surface area contributed by atoms with Crippen LogP contribution in [-0.4, -0.2) is 14.1 Å². The molecule has 342 valence electrons. The Morgan fingerprint density at radius 3 is 1.81 bits per heavy atom. The van der Waals surface area contributed by atoms with Gasteiger partial charge in [0.15, 0.2) is 0 Å². The first kappa shape index (κ1) is 41.7. The number of aromatic nitrogens is 2. The van der Waals surface area contributed by atoms with E-state index in [0.29, 0.717) is 0 Å². The molecule has 2 N–H and O–H groups in total. The number of nitrogens with zero attached hydrogens (tertiary/aromatic N) is 3. The summed E-state index contributed by atoms with van der Waals surface area (Å²) >= 11 is -0.752. The summed E-state index contributed by atoms with van der Waals surface area (Å²) in [7, 11) is 0. The summed E-state index contributed by atoms with van der Waals surface area (Å²) in [6, 6.07) is 91.9. The predicted octanol–water partition coefficient (Wildman–Crippen LogP) is 13.1. The Balaban J connectivity index is 0.923. The van der Waals surface area contributed by atoms with E-state index in [2.05, 4.69) is 272 Å². The van der Waals surface area contributed by atoms with E-state index in [1.54, 1.807) is 0 Å². The van der Waals surface area contributed by atoms with Gasteiger partial charge in [-0.3, -0.25) is 0 Å². The van der Waals surface area contributed by atoms with E-state index in [0.717, 1.165) is 0 Å². The minimum absolute atomic E-state index is 0.0688. The maximum atomic E-state index is 4.21. The first-order valence-corrected chi connectivity index (χ1v) is 26.9. The number of hydrazine groups is 1. The third kappa shape index (κ3) is 6.64. The Kier molecular flexibility index (Phi) is 9.70. The summed E-state index contributed by atoms with van der Waals surface area (Å²) < 4.78 is 10.7. The average Bonchev–Trinajstić information content (AvgIpc) is 4.06. The number of para-hydroxylation sites is 2. The van der Waals surface area contributed by atoms with Crippen LogP contribution in [0.15, 0.2) is 249 Å². The molecule has 6 heteroatoms. The molecular weight excluding hydrogens is 990 g/mol. The van der Waals surface area contributed by atoms with Crippen molar-refractivity contribution in [2.75, 3.05) is 0 Å². The average molecular weight is 1040 g/mol. The van der Waals surface area contributed by atoms with E-state index in [1.165, 1.54) is 124 Å². The number of fused-ring (bicyclic) bond motifs is 11. The molecule has 1 aliphatic heterocycles. The third-order valence-corrected chi connectivity index (χ3v) is 17.1. The molecule has 5 nitrogen and oxygen atoms in total. The summed E-state index contributed by atoms with van der Waals surface area (Å²) in [5, 5.41) is 17.3. The molecule has 12 aromatic carbocycles. The zero-order chi connectivity index (χ0) is 47.3. The minimum atomic E-state index is -0.752. The van der Waals surface area contributed by atoms with Crippen LogP contribution >= 0.6 is 0 Å². The summed E-state index contributed by atoms with van der Waals surface area (Å²) in [6.45, 7) is 0. The summed E-state index contributed by atoms with van der Waals surface area (Å²) in [5.41, 5.74) is 16.0. The van der Waals surface area contributed by atoms with Gasteiger partial charge in [-0.05, 0) is 0 Å². The van der Waals surface area contributed by atoms with Gasteiger partial charge in [-0.15, -0.1) is 0 Å². The van der Waals surface area contributed by atoms with Gasteiger partial charge in [0, 0.05) is 0 Å². The molecule has 72 heavy (non-hydrogen) atoms. The van der Waals surface area contributed by atoms with E-state index >= 15 is 0 Å². The van der Waals surface area contributed by atoms with Crippen LogP contribution in [0.1, 0.15) is 23.5 Å². The van der Waals surface area contributed by atoms with Crippen LogP contribution in [0, 0.1) is 3.57 Å². The number of rotatable bonds is 9. The van der Waals surface area contributed by atoms with Crippen molar-refractivity contribution < 1.29 is 21.5 Å². The third-order valence-electron chi connectivity index (χ3n) is 14.9. The first-order chi connectivity index (χ1) is 35.7. The van der Waals surface area contributed by atoms with Crippen molar-refractivity contribution in [3.8, 4) is 22.5 Å². The Morgan fingerprint density at radius 2 is 1.00 bits per heavy atom. The molecule has 14 aromatic rings. The SMILES string of the molecule is c1ccc(-c2cccc(C(N[I-]c3cc(-n4c5ccccc5c5c(-n6c7ccccc7c7ccc8ccccc8c76)c6ccccc6cc54)c4ccccc4c3)N3NC3c3cccc4ccccc34)c2)cc1. The topological polar surface area (TPSA) is 46.8 Å². The Hall–Kier alpha value is -8.11. The molecule has 3 heterocycles. The van der Waals surface area contributed by atoms with E-state index < -0.39 is 21.5 Å². The summed E-state index contributed by atoms with van der Waals surface area (Å²) in [5.74, 6) is 0. The van der Waals surface area contributed by atoms with E-state index in [-0.39, 0.29) is 12.3 Å². The molecule has 0 amide bonds. The van der Waals surface area contributed by atoms with Crippen molar-refractivity contribution in [3.05, 3.63) is 263 Å². The Labute approximate surface area is 426 Å². The van der Waals surface area contributed by atoms with Crippen LogP contribution in [0.2, 0.25) is 0 Å². The van der Waals surface area contributed by atoms with Gasteiger partial charge in [-0.2, -0.15) is 0 Å². The zero-order valence-corrected chi connectivity index (χ0v) is 41.2. The molecule has 0 bridgehead atoms. The van der Waals surface area contributed by atoms with Crippen LogP contribution < -0.4 is 30.4 Å². The molecule has 2 aromatic heterocycles. The fourth-order valence-corrected chi connectivity index (χ4v) is 13.9. The predicted molar refractivity (Wildman–Crippen MR) is 296 cm³/mol. The number of benzene rings is 12. The molecule has 15 rings (SSSR count). The fourth-order valence-electron chi connectivity index (χ4n) is 11.7. The molecule has 0 spiro atoms. The van der Waals surface area contributed by atoms with Crippen molar-refractivity contribution in [1.82, 2.24) is 23.1 Å².